The molecule has 0 aromatic carbocycles. The third-order valence-electron chi connectivity index (χ3n) is 4.49. The SMILES string of the molecule is CC.CCCc1cc(N2CCC(=O)CC2)nc2sc3c(N)ncnc3c12. The smallest absolute Gasteiger partial charge is 0.144 e. The van der Waals surface area contributed by atoms with E-state index in [2.05, 4.69) is 27.9 Å². The highest BCUT2D eigenvalue weighted by Gasteiger charge is 2.21. The predicted molar refractivity (Wildman–Crippen MR) is 109 cm³/mol. The number of Topliss-reactive ketones (excluding diaryl/α,β-unsaturated/α-hetero) is 1. The summed E-state index contributed by atoms with van der Waals surface area (Å²) in [4.78, 5) is 28.1. The van der Waals surface area contributed by atoms with Crippen LogP contribution in [-0.2, 0) is 11.2 Å². The first-order chi connectivity index (χ1) is 12.7. The number of ketones is 1. The fourth-order valence-electron chi connectivity index (χ4n) is 3.26. The molecular weight excluding hydrogens is 346 g/mol. The normalized spacial score (nSPS) is 14.6. The quantitative estimate of drug-likeness (QED) is 0.750. The number of aryl methyl sites for hydroxylation is 1. The van der Waals surface area contributed by atoms with Gasteiger partial charge in [0.25, 0.3) is 0 Å². The van der Waals surface area contributed by atoms with Gasteiger partial charge in [-0.3, -0.25) is 4.79 Å². The summed E-state index contributed by atoms with van der Waals surface area (Å²) in [7, 11) is 0. The van der Waals surface area contributed by atoms with Crippen LogP contribution in [0.3, 0.4) is 0 Å². The van der Waals surface area contributed by atoms with Crippen LogP contribution in [0.1, 0.15) is 45.6 Å². The van der Waals surface area contributed by atoms with Crippen molar-refractivity contribution in [3.8, 4) is 0 Å². The van der Waals surface area contributed by atoms with Crippen molar-refractivity contribution < 1.29 is 4.79 Å². The fraction of sp³-hybridized carbons (Fsp3) is 0.474. The van der Waals surface area contributed by atoms with Crippen LogP contribution in [0.15, 0.2) is 12.4 Å². The summed E-state index contributed by atoms with van der Waals surface area (Å²) in [5.41, 5.74) is 8.17. The van der Waals surface area contributed by atoms with Crippen molar-refractivity contribution in [1.82, 2.24) is 15.0 Å². The van der Waals surface area contributed by atoms with Crippen molar-refractivity contribution in [2.75, 3.05) is 23.7 Å². The third kappa shape index (κ3) is 3.35. The lowest BCUT2D eigenvalue weighted by atomic mass is 10.1. The highest BCUT2D eigenvalue weighted by atomic mass is 32.1. The zero-order chi connectivity index (χ0) is 18.7. The zero-order valence-electron chi connectivity index (χ0n) is 15.6. The van der Waals surface area contributed by atoms with Gasteiger partial charge in [0.2, 0.25) is 0 Å². The van der Waals surface area contributed by atoms with Gasteiger partial charge in [-0.25, -0.2) is 15.0 Å². The Morgan fingerprint density at radius 2 is 1.96 bits per heavy atom. The number of aromatic nitrogens is 3. The van der Waals surface area contributed by atoms with E-state index in [0.29, 0.717) is 24.4 Å². The van der Waals surface area contributed by atoms with Crippen molar-refractivity contribution in [3.05, 3.63) is 18.0 Å². The summed E-state index contributed by atoms with van der Waals surface area (Å²) in [5, 5.41) is 1.10. The van der Waals surface area contributed by atoms with E-state index in [1.165, 1.54) is 11.9 Å². The number of nitrogens with zero attached hydrogens (tertiary/aromatic N) is 4. The first-order valence-corrected chi connectivity index (χ1v) is 10.1. The van der Waals surface area contributed by atoms with Crippen molar-refractivity contribution in [2.24, 2.45) is 0 Å². The molecule has 138 valence electrons. The lowest BCUT2D eigenvalue weighted by molar-refractivity contribution is -0.119. The van der Waals surface area contributed by atoms with Gasteiger partial charge >= 0.3 is 0 Å². The molecular formula is C19H25N5OS. The zero-order valence-corrected chi connectivity index (χ0v) is 16.4. The van der Waals surface area contributed by atoms with E-state index in [0.717, 1.165) is 52.2 Å². The average Bonchev–Trinajstić information content (AvgIpc) is 3.04. The average molecular weight is 372 g/mol. The number of thiophene rings is 1. The highest BCUT2D eigenvalue weighted by molar-refractivity contribution is 7.26. The maximum atomic E-state index is 11.5. The summed E-state index contributed by atoms with van der Waals surface area (Å²) < 4.78 is 0.906. The molecule has 26 heavy (non-hydrogen) atoms. The molecule has 3 aromatic heterocycles. The molecule has 0 bridgehead atoms. The van der Waals surface area contributed by atoms with Crippen molar-refractivity contribution in [2.45, 2.75) is 46.5 Å². The molecule has 1 aliphatic heterocycles. The van der Waals surface area contributed by atoms with Gasteiger partial charge in [0.05, 0.1) is 10.2 Å². The topological polar surface area (TPSA) is 85.0 Å². The monoisotopic (exact) mass is 371 g/mol. The Morgan fingerprint density at radius 1 is 1.23 bits per heavy atom. The van der Waals surface area contributed by atoms with Crippen LogP contribution in [0.25, 0.3) is 20.4 Å². The minimum Gasteiger partial charge on any atom is -0.382 e. The van der Waals surface area contributed by atoms with Gasteiger partial charge in [-0.05, 0) is 18.1 Å². The van der Waals surface area contributed by atoms with E-state index in [-0.39, 0.29) is 0 Å². The van der Waals surface area contributed by atoms with E-state index in [1.807, 2.05) is 13.8 Å². The van der Waals surface area contributed by atoms with Crippen LogP contribution in [0, 0.1) is 0 Å². The largest absolute Gasteiger partial charge is 0.382 e. The summed E-state index contributed by atoms with van der Waals surface area (Å²) in [6.45, 7) is 7.66. The van der Waals surface area contributed by atoms with E-state index < -0.39 is 0 Å². The van der Waals surface area contributed by atoms with Gasteiger partial charge in [-0.1, -0.05) is 27.2 Å². The van der Waals surface area contributed by atoms with E-state index >= 15 is 0 Å². The third-order valence-corrected chi connectivity index (χ3v) is 5.58. The maximum Gasteiger partial charge on any atom is 0.144 e. The molecule has 2 N–H and O–H groups in total. The minimum absolute atomic E-state index is 0.339. The molecule has 6 nitrogen and oxygen atoms in total. The Labute approximate surface area is 157 Å². The number of rotatable bonds is 3. The lowest BCUT2D eigenvalue weighted by Crippen LogP contribution is -2.34. The van der Waals surface area contributed by atoms with Crippen molar-refractivity contribution in [1.29, 1.82) is 0 Å². The van der Waals surface area contributed by atoms with Crippen LogP contribution >= 0.6 is 11.3 Å². The molecule has 0 aliphatic carbocycles. The number of hydrogen-bond donors (Lipinski definition) is 1. The molecule has 1 fully saturated rings. The molecule has 0 atom stereocenters. The van der Waals surface area contributed by atoms with Gasteiger partial charge in [0.1, 0.15) is 28.6 Å². The molecule has 1 saturated heterocycles. The summed E-state index contributed by atoms with van der Waals surface area (Å²) in [6.07, 6.45) is 4.74. The molecule has 4 heterocycles. The molecule has 4 rings (SSSR count). The fourth-order valence-corrected chi connectivity index (χ4v) is 4.33. The van der Waals surface area contributed by atoms with Gasteiger partial charge < -0.3 is 10.6 Å². The maximum absolute atomic E-state index is 11.5. The first kappa shape index (κ1) is 18.5. The minimum atomic E-state index is 0.339. The molecule has 3 aromatic rings. The van der Waals surface area contributed by atoms with Crippen LogP contribution in [0.2, 0.25) is 0 Å². The Balaban J connectivity index is 0.000000948. The number of fused-ring (bicyclic) bond motifs is 3. The summed E-state index contributed by atoms with van der Waals surface area (Å²) in [5.74, 6) is 1.80. The number of hydrogen-bond acceptors (Lipinski definition) is 7. The predicted octanol–water partition coefficient (Wildman–Crippen LogP) is 3.97. The summed E-state index contributed by atoms with van der Waals surface area (Å²) in [6, 6.07) is 2.16. The number of nitrogen functional groups attached to an aromatic ring is 1. The standard InChI is InChI=1S/C17H19N5OS.C2H6/c1-2-3-10-8-12(22-6-4-11(23)5-7-22)21-17-13(10)14-15(24-17)16(18)20-9-19-14;1-2/h8-9H,2-7H2,1H3,(H2,18,19,20);1-2H3. The Morgan fingerprint density at radius 3 is 2.65 bits per heavy atom. The lowest BCUT2D eigenvalue weighted by Gasteiger charge is -2.27. The molecule has 0 radical (unpaired) electrons. The van der Waals surface area contributed by atoms with Crippen molar-refractivity contribution in [3.63, 3.8) is 0 Å². The number of nitrogens with two attached hydrogens (primary N) is 1. The van der Waals surface area contributed by atoms with E-state index in [4.69, 9.17) is 10.7 Å². The number of piperidine rings is 1. The van der Waals surface area contributed by atoms with Crippen molar-refractivity contribution >= 4 is 49.2 Å². The first-order valence-electron chi connectivity index (χ1n) is 9.26. The highest BCUT2D eigenvalue weighted by Crippen LogP contribution is 2.38. The second kappa shape index (κ2) is 7.95. The molecule has 7 heteroatoms. The molecule has 1 aliphatic rings. The van der Waals surface area contributed by atoms with Gasteiger partial charge in [0, 0.05) is 31.3 Å². The van der Waals surface area contributed by atoms with Crippen LogP contribution in [0.5, 0.6) is 0 Å². The Hall–Kier alpha value is -2.28. The molecule has 0 unspecified atom stereocenters. The second-order valence-corrected chi connectivity index (χ2v) is 7.13. The number of carbonyl (C=O) groups is 1. The molecule has 0 saturated carbocycles. The van der Waals surface area contributed by atoms with Gasteiger partial charge in [-0.2, -0.15) is 0 Å². The van der Waals surface area contributed by atoms with Crippen LogP contribution in [-0.4, -0.2) is 33.8 Å². The van der Waals surface area contributed by atoms with Crippen LogP contribution < -0.4 is 10.6 Å². The van der Waals surface area contributed by atoms with E-state index in [1.54, 1.807) is 11.3 Å². The Kier molecular flexibility index (Phi) is 5.66. The van der Waals surface area contributed by atoms with Crippen LogP contribution in [0.4, 0.5) is 11.6 Å². The molecule has 0 spiro atoms. The number of pyridine rings is 1. The van der Waals surface area contributed by atoms with Gasteiger partial charge in [0.15, 0.2) is 0 Å². The van der Waals surface area contributed by atoms with Gasteiger partial charge in [-0.15, -0.1) is 11.3 Å². The second-order valence-electron chi connectivity index (χ2n) is 6.13. The van der Waals surface area contributed by atoms with E-state index in [9.17, 15) is 4.79 Å². The Bertz CT molecular complexity index is 926. The summed E-state index contributed by atoms with van der Waals surface area (Å²) >= 11 is 1.55. The number of carbonyl (C=O) groups excluding carboxylic acids is 1. The number of anilines is 2. The molecule has 0 amide bonds.